The molecule has 0 fully saturated rings. The van der Waals surface area contributed by atoms with Crippen LogP contribution in [-0.2, 0) is 0 Å². The van der Waals surface area contributed by atoms with Crippen molar-refractivity contribution >= 4 is 23.1 Å². The van der Waals surface area contributed by atoms with Gasteiger partial charge in [0, 0.05) is 7.05 Å². The first kappa shape index (κ1) is 14.4. The highest BCUT2D eigenvalue weighted by molar-refractivity contribution is 7.80. The van der Waals surface area contributed by atoms with E-state index < -0.39 is 17.8 Å². The number of nitrogens with two attached hydrogens (primary N) is 1. The molecule has 2 N–H and O–H groups in total. The second-order valence-electron chi connectivity index (χ2n) is 3.81. The summed E-state index contributed by atoms with van der Waals surface area (Å²) in [6.07, 6.45) is 0. The Balaban J connectivity index is 3.15. The van der Waals surface area contributed by atoms with Gasteiger partial charge in [-0.05, 0) is 19.1 Å². The normalized spacial score (nSPS) is 11.8. The van der Waals surface area contributed by atoms with Gasteiger partial charge in [-0.25, -0.2) is 4.39 Å². The zero-order valence-electron chi connectivity index (χ0n) is 10.4. The third kappa shape index (κ3) is 2.76. The lowest BCUT2D eigenvalue weighted by Crippen LogP contribution is -2.43. The van der Waals surface area contributed by atoms with E-state index in [1.54, 1.807) is 6.92 Å². The van der Waals surface area contributed by atoms with E-state index in [1.165, 1.54) is 37.3 Å². The summed E-state index contributed by atoms with van der Waals surface area (Å²) in [4.78, 5) is 13.6. The number of nitrogens with zero attached hydrogens (tertiary/aromatic N) is 1. The van der Waals surface area contributed by atoms with Crippen LogP contribution in [0, 0.1) is 5.82 Å². The van der Waals surface area contributed by atoms with Crippen molar-refractivity contribution < 1.29 is 13.9 Å². The van der Waals surface area contributed by atoms with Crippen LogP contribution in [0.1, 0.15) is 17.3 Å². The summed E-state index contributed by atoms with van der Waals surface area (Å²) in [5.41, 5.74) is 5.35. The molecule has 1 unspecified atom stereocenters. The quantitative estimate of drug-likeness (QED) is 0.844. The summed E-state index contributed by atoms with van der Waals surface area (Å²) in [7, 11) is 2.89. The standard InChI is InChI=1S/C12H15FN2O2S/c1-7(11(14)18)15(2)12(16)10-8(13)5-4-6-9(10)17-3/h4-7H,1-3H3,(H2,14,18). The van der Waals surface area contributed by atoms with E-state index in [0.29, 0.717) is 0 Å². The van der Waals surface area contributed by atoms with Crippen molar-refractivity contribution in [2.75, 3.05) is 14.2 Å². The molecule has 0 saturated carbocycles. The smallest absolute Gasteiger partial charge is 0.260 e. The van der Waals surface area contributed by atoms with Gasteiger partial charge in [0.05, 0.1) is 18.1 Å². The van der Waals surface area contributed by atoms with Crippen LogP contribution in [0.25, 0.3) is 0 Å². The highest BCUT2D eigenvalue weighted by Crippen LogP contribution is 2.23. The molecule has 1 aromatic carbocycles. The van der Waals surface area contributed by atoms with Crippen molar-refractivity contribution in [3.05, 3.63) is 29.6 Å². The van der Waals surface area contributed by atoms with Crippen LogP contribution in [0.15, 0.2) is 18.2 Å². The number of hydrogen-bond donors (Lipinski definition) is 1. The van der Waals surface area contributed by atoms with Crippen LogP contribution in [0.3, 0.4) is 0 Å². The molecule has 0 saturated heterocycles. The second kappa shape index (κ2) is 5.77. The number of methoxy groups -OCH3 is 1. The zero-order valence-corrected chi connectivity index (χ0v) is 11.3. The summed E-state index contributed by atoms with van der Waals surface area (Å²) in [6, 6.07) is 3.74. The molecule has 0 bridgehead atoms. The second-order valence-corrected chi connectivity index (χ2v) is 4.28. The number of halogens is 1. The molecule has 18 heavy (non-hydrogen) atoms. The van der Waals surface area contributed by atoms with E-state index >= 15 is 0 Å². The molecular weight excluding hydrogens is 255 g/mol. The van der Waals surface area contributed by atoms with Crippen LogP contribution in [0.5, 0.6) is 5.75 Å². The predicted octanol–water partition coefficient (Wildman–Crippen LogP) is 1.58. The third-order valence-corrected chi connectivity index (χ3v) is 3.06. The Morgan fingerprint density at radius 3 is 2.67 bits per heavy atom. The Labute approximate surface area is 111 Å². The largest absolute Gasteiger partial charge is 0.496 e. The van der Waals surface area contributed by atoms with Gasteiger partial charge in [-0.2, -0.15) is 0 Å². The van der Waals surface area contributed by atoms with Gasteiger partial charge in [-0.15, -0.1) is 0 Å². The van der Waals surface area contributed by atoms with E-state index in [0.717, 1.165) is 0 Å². The molecule has 6 heteroatoms. The van der Waals surface area contributed by atoms with Gasteiger partial charge in [0.25, 0.3) is 5.91 Å². The Kier molecular flexibility index (Phi) is 4.61. The van der Waals surface area contributed by atoms with Crippen LogP contribution in [-0.4, -0.2) is 36.0 Å². The number of thiocarbonyl (C=S) groups is 1. The topological polar surface area (TPSA) is 55.6 Å². The Morgan fingerprint density at radius 2 is 2.17 bits per heavy atom. The maximum absolute atomic E-state index is 13.7. The van der Waals surface area contributed by atoms with Crippen molar-refractivity contribution in [2.45, 2.75) is 13.0 Å². The summed E-state index contributed by atoms with van der Waals surface area (Å²) >= 11 is 4.82. The number of rotatable bonds is 4. The molecule has 0 radical (unpaired) electrons. The number of ether oxygens (including phenoxy) is 1. The summed E-state index contributed by atoms with van der Waals surface area (Å²) in [5, 5.41) is 0. The fraction of sp³-hybridized carbons (Fsp3) is 0.333. The molecule has 1 rings (SSSR count). The number of hydrogen-bond acceptors (Lipinski definition) is 3. The lowest BCUT2D eigenvalue weighted by Gasteiger charge is -2.24. The molecule has 0 spiro atoms. The van der Waals surface area contributed by atoms with Gasteiger partial charge in [-0.3, -0.25) is 4.79 Å². The average molecular weight is 270 g/mol. The third-order valence-electron chi connectivity index (χ3n) is 2.72. The van der Waals surface area contributed by atoms with Gasteiger partial charge in [0.2, 0.25) is 0 Å². The van der Waals surface area contributed by atoms with Crippen molar-refractivity contribution in [3.8, 4) is 5.75 Å². The SMILES string of the molecule is COc1cccc(F)c1C(=O)N(C)C(C)C(N)=S. The van der Waals surface area contributed by atoms with Crippen molar-refractivity contribution in [2.24, 2.45) is 5.73 Å². The number of amides is 1. The average Bonchev–Trinajstić information content (AvgIpc) is 2.35. The number of likely N-dealkylation sites (N-methyl/N-ethyl adjacent to an activating group) is 1. The van der Waals surface area contributed by atoms with Gasteiger partial charge < -0.3 is 15.4 Å². The van der Waals surface area contributed by atoms with Crippen molar-refractivity contribution in [1.82, 2.24) is 4.90 Å². The zero-order chi connectivity index (χ0) is 13.9. The molecule has 0 aliphatic carbocycles. The van der Waals surface area contributed by atoms with Crippen LogP contribution < -0.4 is 10.5 Å². The first-order chi connectivity index (χ1) is 8.40. The molecule has 1 atom stereocenters. The van der Waals surface area contributed by atoms with Gasteiger partial charge >= 0.3 is 0 Å². The first-order valence-electron chi connectivity index (χ1n) is 5.29. The summed E-state index contributed by atoms with van der Waals surface area (Å²) < 4.78 is 18.7. The van der Waals surface area contributed by atoms with E-state index in [9.17, 15) is 9.18 Å². The molecule has 1 amide bonds. The van der Waals surface area contributed by atoms with Crippen molar-refractivity contribution in [1.29, 1.82) is 0 Å². The first-order valence-corrected chi connectivity index (χ1v) is 5.70. The van der Waals surface area contributed by atoms with E-state index in [2.05, 4.69) is 0 Å². The number of carbonyl (C=O) groups is 1. The molecule has 0 aromatic heterocycles. The molecule has 1 aromatic rings. The molecule has 4 nitrogen and oxygen atoms in total. The highest BCUT2D eigenvalue weighted by Gasteiger charge is 2.25. The maximum Gasteiger partial charge on any atom is 0.260 e. The van der Waals surface area contributed by atoms with Crippen molar-refractivity contribution in [3.63, 3.8) is 0 Å². The Morgan fingerprint density at radius 1 is 1.56 bits per heavy atom. The minimum Gasteiger partial charge on any atom is -0.496 e. The van der Waals surface area contributed by atoms with Gasteiger partial charge in [-0.1, -0.05) is 18.3 Å². The Bertz CT molecular complexity index is 479. The van der Waals surface area contributed by atoms with Crippen LogP contribution >= 0.6 is 12.2 Å². The van der Waals surface area contributed by atoms with E-state index in [-0.39, 0.29) is 16.3 Å². The predicted molar refractivity (Wildman–Crippen MR) is 71.3 cm³/mol. The fourth-order valence-corrected chi connectivity index (χ4v) is 1.58. The monoisotopic (exact) mass is 270 g/mol. The van der Waals surface area contributed by atoms with Gasteiger partial charge in [0.15, 0.2) is 0 Å². The van der Waals surface area contributed by atoms with Gasteiger partial charge in [0.1, 0.15) is 17.1 Å². The van der Waals surface area contributed by atoms with Crippen LogP contribution in [0.4, 0.5) is 4.39 Å². The molecular formula is C12H15FN2O2S. The molecule has 98 valence electrons. The fourth-order valence-electron chi connectivity index (χ4n) is 1.43. The molecule has 0 aliphatic heterocycles. The van der Waals surface area contributed by atoms with E-state index in [4.69, 9.17) is 22.7 Å². The minimum absolute atomic E-state index is 0.120. The summed E-state index contributed by atoms with van der Waals surface area (Å²) in [5.74, 6) is -0.978. The lowest BCUT2D eigenvalue weighted by molar-refractivity contribution is 0.0770. The van der Waals surface area contributed by atoms with Crippen LogP contribution in [0.2, 0.25) is 0 Å². The minimum atomic E-state index is -0.638. The molecule has 0 aliphatic rings. The number of carbonyl (C=O) groups excluding carboxylic acids is 1. The summed E-state index contributed by atoms with van der Waals surface area (Å²) in [6.45, 7) is 1.67. The molecule has 0 heterocycles. The Hall–Kier alpha value is -1.69. The van der Waals surface area contributed by atoms with E-state index in [1.807, 2.05) is 0 Å². The maximum atomic E-state index is 13.7. The highest BCUT2D eigenvalue weighted by atomic mass is 32.1. The number of benzene rings is 1. The lowest BCUT2D eigenvalue weighted by atomic mass is 10.1.